The molecular formula is C34H32F3N5O5. The molecule has 13 heteroatoms. The van der Waals surface area contributed by atoms with Gasteiger partial charge in [0.1, 0.15) is 30.0 Å². The highest BCUT2D eigenvalue weighted by Crippen LogP contribution is 2.33. The zero-order valence-electron chi connectivity index (χ0n) is 25.6. The lowest BCUT2D eigenvalue weighted by molar-refractivity contribution is -0.216. The summed E-state index contributed by atoms with van der Waals surface area (Å²) in [5, 5.41) is 0. The number of benzene rings is 2. The summed E-state index contributed by atoms with van der Waals surface area (Å²) in [5.41, 5.74) is 9.29. The normalized spacial score (nSPS) is 19.6. The second-order valence-corrected chi connectivity index (χ2v) is 10.7. The monoisotopic (exact) mass is 647 g/mol. The molecule has 1 atom stereocenters. The van der Waals surface area contributed by atoms with Crippen LogP contribution in [0.15, 0.2) is 89.9 Å². The largest absolute Gasteiger partial charge is 0.497 e. The van der Waals surface area contributed by atoms with Gasteiger partial charge in [0.25, 0.3) is 6.43 Å². The summed E-state index contributed by atoms with van der Waals surface area (Å²) in [6, 6.07) is 21.3. The van der Waals surface area contributed by atoms with E-state index in [1.165, 1.54) is 18.2 Å². The zero-order chi connectivity index (χ0) is 32.9. The number of anilines is 1. The summed E-state index contributed by atoms with van der Waals surface area (Å²) in [6.45, 7) is 2.24. The fourth-order valence-corrected chi connectivity index (χ4v) is 5.12. The number of nitrogens with zero attached hydrogens (tertiary/aromatic N) is 4. The van der Waals surface area contributed by atoms with Gasteiger partial charge in [0.2, 0.25) is 11.8 Å². The molecule has 0 spiro atoms. The van der Waals surface area contributed by atoms with Crippen molar-refractivity contribution < 1.29 is 36.9 Å². The minimum absolute atomic E-state index is 0.0249. The molecule has 2 aliphatic rings. The van der Waals surface area contributed by atoms with Crippen LogP contribution in [0.2, 0.25) is 0 Å². The maximum Gasteiger partial charge on any atom is 0.280 e. The van der Waals surface area contributed by atoms with Crippen LogP contribution in [0.4, 0.5) is 18.9 Å². The van der Waals surface area contributed by atoms with E-state index in [1.54, 1.807) is 61.4 Å². The molecule has 244 valence electrons. The molecule has 6 rings (SSSR count). The van der Waals surface area contributed by atoms with Gasteiger partial charge in [-0.05, 0) is 67.1 Å². The second kappa shape index (κ2) is 14.2. The van der Waals surface area contributed by atoms with Gasteiger partial charge in [-0.25, -0.2) is 23.1 Å². The molecule has 0 radical (unpaired) electrons. The van der Waals surface area contributed by atoms with Gasteiger partial charge >= 0.3 is 0 Å². The van der Waals surface area contributed by atoms with Gasteiger partial charge in [0.15, 0.2) is 12.6 Å². The molecule has 1 fully saturated rings. The summed E-state index contributed by atoms with van der Waals surface area (Å²) in [5.74, 6) is 0.864. The Balaban J connectivity index is 1.13. The van der Waals surface area contributed by atoms with E-state index in [2.05, 4.69) is 15.0 Å². The molecule has 2 aromatic carbocycles. The van der Waals surface area contributed by atoms with Crippen molar-refractivity contribution in [1.82, 2.24) is 9.97 Å². The molecule has 2 aliphatic heterocycles. The van der Waals surface area contributed by atoms with E-state index in [4.69, 9.17) is 29.4 Å². The number of halogens is 3. The number of hydrogen-bond donors (Lipinski definition) is 1. The average molecular weight is 648 g/mol. The number of nitrogens with two attached hydrogens (primary N) is 1. The fraction of sp³-hybridized carbons (Fsp3) is 0.265. The van der Waals surface area contributed by atoms with Crippen molar-refractivity contribution in [3.8, 4) is 11.6 Å². The third kappa shape index (κ3) is 7.71. The number of alkyl halides is 2. The Morgan fingerprint density at radius 1 is 0.979 bits per heavy atom. The highest BCUT2D eigenvalue weighted by molar-refractivity contribution is 6.00. The number of pyridine rings is 2. The minimum Gasteiger partial charge on any atom is -0.497 e. The average Bonchev–Trinajstić information content (AvgIpc) is 3.08. The van der Waals surface area contributed by atoms with Crippen molar-refractivity contribution in [3.63, 3.8) is 0 Å². The van der Waals surface area contributed by atoms with E-state index in [9.17, 15) is 13.2 Å². The third-order valence-corrected chi connectivity index (χ3v) is 7.34. The van der Waals surface area contributed by atoms with Gasteiger partial charge in [-0.2, -0.15) is 0 Å². The van der Waals surface area contributed by atoms with Crippen molar-refractivity contribution >= 4 is 17.3 Å². The van der Waals surface area contributed by atoms with Crippen LogP contribution in [0.1, 0.15) is 40.9 Å². The standard InChI is InChI=1S/C34H32F3N5O5/c1-20-14-25(15-28(39-20)32(36)37)42-29(21-6-10-23(35)11-7-21)16-31(41-34(42)38)44-17-24-4-3-5-30(40-24)47-27-18-45-33(46-19-27)22-8-12-26(43-2)13-9-22/h3-16,27,32-34H,17-19,38H2,1-2H3. The Bertz CT molecular complexity index is 1750. The highest BCUT2D eigenvalue weighted by atomic mass is 19.3. The molecule has 1 saturated heterocycles. The SMILES string of the molecule is COc1ccc(C2OCC(Oc3cccc(COC4=NC(N)N(c5cc(C)nc(C(F)F)c5)C(c5ccc(F)cc5)=C4)n3)CO2)cc1. The van der Waals surface area contributed by atoms with Gasteiger partial charge in [-0.3, -0.25) is 10.7 Å². The summed E-state index contributed by atoms with van der Waals surface area (Å²) >= 11 is 0. The topological polar surface area (TPSA) is 114 Å². The van der Waals surface area contributed by atoms with E-state index in [0.717, 1.165) is 11.3 Å². The predicted molar refractivity (Wildman–Crippen MR) is 167 cm³/mol. The Hall–Kier alpha value is -4.98. The Morgan fingerprint density at radius 3 is 2.43 bits per heavy atom. The maximum absolute atomic E-state index is 13.8. The highest BCUT2D eigenvalue weighted by Gasteiger charge is 2.28. The first-order valence-electron chi connectivity index (χ1n) is 14.8. The Morgan fingerprint density at radius 2 is 1.72 bits per heavy atom. The smallest absolute Gasteiger partial charge is 0.280 e. The van der Waals surface area contributed by atoms with Gasteiger partial charge in [-0.15, -0.1) is 0 Å². The summed E-state index contributed by atoms with van der Waals surface area (Å²) < 4.78 is 69.9. The quantitative estimate of drug-likeness (QED) is 0.231. The second-order valence-electron chi connectivity index (χ2n) is 10.7. The van der Waals surface area contributed by atoms with Gasteiger partial charge in [-0.1, -0.05) is 18.2 Å². The molecule has 1 unspecified atom stereocenters. The number of methoxy groups -OCH3 is 1. The fourth-order valence-electron chi connectivity index (χ4n) is 5.12. The Kier molecular flexibility index (Phi) is 9.66. The molecule has 2 N–H and O–H groups in total. The molecule has 0 bridgehead atoms. The van der Waals surface area contributed by atoms with Crippen LogP contribution in [0.5, 0.6) is 11.6 Å². The summed E-state index contributed by atoms with van der Waals surface area (Å²) in [7, 11) is 1.61. The number of hydrogen-bond acceptors (Lipinski definition) is 10. The van der Waals surface area contributed by atoms with Crippen molar-refractivity contribution in [2.45, 2.75) is 38.6 Å². The molecule has 4 aromatic rings. The van der Waals surface area contributed by atoms with Gasteiger partial charge < -0.3 is 28.6 Å². The van der Waals surface area contributed by atoms with Crippen LogP contribution in [0.3, 0.4) is 0 Å². The van der Waals surface area contributed by atoms with E-state index in [-0.39, 0.29) is 18.6 Å². The van der Waals surface area contributed by atoms with E-state index < -0.39 is 30.5 Å². The summed E-state index contributed by atoms with van der Waals surface area (Å²) in [4.78, 5) is 14.5. The minimum atomic E-state index is -2.78. The van der Waals surface area contributed by atoms with Gasteiger partial charge in [0, 0.05) is 29.1 Å². The van der Waals surface area contributed by atoms with Crippen LogP contribution < -0.4 is 20.1 Å². The summed E-state index contributed by atoms with van der Waals surface area (Å²) in [6.07, 6.45) is -3.09. The first-order valence-corrected chi connectivity index (χ1v) is 14.8. The molecule has 0 amide bonds. The van der Waals surface area contributed by atoms with E-state index in [0.29, 0.717) is 47.4 Å². The molecule has 4 heterocycles. The zero-order valence-corrected chi connectivity index (χ0v) is 25.6. The van der Waals surface area contributed by atoms with Crippen LogP contribution in [-0.4, -0.2) is 48.6 Å². The number of aryl methyl sites for hydroxylation is 1. The molecular weight excluding hydrogens is 615 g/mol. The van der Waals surface area contributed by atoms with Crippen LogP contribution in [-0.2, 0) is 20.8 Å². The van der Waals surface area contributed by atoms with E-state index >= 15 is 0 Å². The number of aromatic nitrogens is 2. The molecule has 10 nitrogen and oxygen atoms in total. The van der Waals surface area contributed by atoms with E-state index in [1.807, 2.05) is 24.3 Å². The van der Waals surface area contributed by atoms with Gasteiger partial charge in [0.05, 0.1) is 31.7 Å². The first kappa shape index (κ1) is 32.0. The number of aliphatic imine (C=N–C) groups is 1. The van der Waals surface area contributed by atoms with Crippen LogP contribution >= 0.6 is 0 Å². The number of rotatable bonds is 9. The maximum atomic E-state index is 13.8. The molecule has 47 heavy (non-hydrogen) atoms. The van der Waals surface area contributed by atoms with Crippen LogP contribution in [0.25, 0.3) is 5.70 Å². The molecule has 2 aromatic heterocycles. The third-order valence-electron chi connectivity index (χ3n) is 7.34. The lowest BCUT2D eigenvalue weighted by atomic mass is 10.1. The van der Waals surface area contributed by atoms with Crippen LogP contribution in [0, 0.1) is 12.7 Å². The van der Waals surface area contributed by atoms with Crippen molar-refractivity contribution in [2.75, 3.05) is 25.2 Å². The molecule has 0 aliphatic carbocycles. The first-order chi connectivity index (χ1) is 22.7. The lowest BCUT2D eigenvalue weighted by Gasteiger charge is -2.34. The van der Waals surface area contributed by atoms with Crippen molar-refractivity contribution in [3.05, 3.63) is 119 Å². The predicted octanol–water partition coefficient (Wildman–Crippen LogP) is 6.08. The van der Waals surface area contributed by atoms with Crippen molar-refractivity contribution in [1.29, 1.82) is 0 Å². The molecule has 0 saturated carbocycles. The number of ether oxygens (including phenoxy) is 5. The lowest BCUT2D eigenvalue weighted by Crippen LogP contribution is -2.43. The Labute approximate surface area is 269 Å². The van der Waals surface area contributed by atoms with Crippen molar-refractivity contribution in [2.24, 2.45) is 10.7 Å².